The molecule has 0 radical (unpaired) electrons. The molecule has 2 aliphatic heterocycles. The molecule has 6 heteroatoms. The molecule has 6 nitrogen and oxygen atoms in total. The van der Waals surface area contributed by atoms with Crippen LogP contribution in [0.5, 0.6) is 11.5 Å². The largest absolute Gasteiger partial charge is 0.454 e. The zero-order valence-corrected chi connectivity index (χ0v) is 17.3. The van der Waals surface area contributed by atoms with Gasteiger partial charge in [-0.05, 0) is 56.0 Å². The lowest BCUT2D eigenvalue weighted by Gasteiger charge is -2.30. The molecule has 0 unspecified atom stereocenters. The lowest BCUT2D eigenvalue weighted by Crippen LogP contribution is -2.40. The third-order valence-corrected chi connectivity index (χ3v) is 5.65. The Kier molecular flexibility index (Phi) is 5.74. The van der Waals surface area contributed by atoms with Gasteiger partial charge in [-0.1, -0.05) is 23.8 Å². The summed E-state index contributed by atoms with van der Waals surface area (Å²) in [5.74, 6) is 1.19. The highest BCUT2D eigenvalue weighted by Gasteiger charge is 2.27. The number of fused-ring (bicyclic) bond motifs is 1. The fourth-order valence-corrected chi connectivity index (χ4v) is 3.86. The second-order valence-corrected chi connectivity index (χ2v) is 7.85. The topological polar surface area (TPSA) is 67.9 Å². The van der Waals surface area contributed by atoms with Crippen LogP contribution in [0.2, 0.25) is 0 Å². The fourth-order valence-electron chi connectivity index (χ4n) is 3.86. The monoisotopic (exact) mass is 406 g/mol. The van der Waals surface area contributed by atoms with Gasteiger partial charge in [-0.25, -0.2) is 0 Å². The Balaban J connectivity index is 1.29. The van der Waals surface area contributed by atoms with Crippen molar-refractivity contribution in [2.75, 3.05) is 25.2 Å². The van der Waals surface area contributed by atoms with Gasteiger partial charge in [0.25, 0.3) is 0 Å². The number of carbonyl (C=O) groups is 2. The van der Waals surface area contributed by atoms with Gasteiger partial charge in [0, 0.05) is 36.8 Å². The third kappa shape index (κ3) is 4.48. The molecule has 4 rings (SSSR count). The molecule has 156 valence electrons. The first kappa shape index (κ1) is 20.0. The Bertz CT molecular complexity index is 991. The molecule has 1 N–H and O–H groups in total. The number of anilines is 1. The van der Waals surface area contributed by atoms with Gasteiger partial charge in [-0.2, -0.15) is 0 Å². The molecule has 0 saturated carbocycles. The van der Waals surface area contributed by atoms with E-state index in [1.54, 1.807) is 18.2 Å². The Labute approximate surface area is 176 Å². The smallest absolute Gasteiger partial charge is 0.246 e. The second kappa shape index (κ2) is 8.61. The number of nitrogens with zero attached hydrogens (tertiary/aromatic N) is 1. The van der Waals surface area contributed by atoms with Crippen molar-refractivity contribution < 1.29 is 19.1 Å². The molecule has 1 saturated heterocycles. The zero-order chi connectivity index (χ0) is 21.1. The molecule has 2 aliphatic rings. The van der Waals surface area contributed by atoms with Gasteiger partial charge < -0.3 is 19.7 Å². The number of piperidine rings is 1. The molecule has 1 fully saturated rings. The molecule has 30 heavy (non-hydrogen) atoms. The first-order chi connectivity index (χ1) is 14.5. The van der Waals surface area contributed by atoms with Crippen LogP contribution in [0.3, 0.4) is 0 Å². The van der Waals surface area contributed by atoms with Crippen molar-refractivity contribution in [1.82, 2.24) is 4.90 Å². The zero-order valence-electron chi connectivity index (χ0n) is 17.3. The molecule has 0 aliphatic carbocycles. The Morgan fingerprint density at radius 3 is 2.57 bits per heavy atom. The number of rotatable bonds is 4. The predicted octanol–water partition coefficient (Wildman–Crippen LogP) is 3.92. The number of benzene rings is 2. The van der Waals surface area contributed by atoms with Crippen molar-refractivity contribution in [3.8, 4) is 11.5 Å². The van der Waals surface area contributed by atoms with Gasteiger partial charge in [0.2, 0.25) is 18.6 Å². The van der Waals surface area contributed by atoms with Crippen LogP contribution < -0.4 is 14.8 Å². The maximum atomic E-state index is 12.6. The first-order valence-corrected chi connectivity index (χ1v) is 10.2. The molecule has 0 bridgehead atoms. The van der Waals surface area contributed by atoms with Crippen LogP contribution in [-0.2, 0) is 9.59 Å². The summed E-state index contributed by atoms with van der Waals surface area (Å²) < 4.78 is 10.6. The van der Waals surface area contributed by atoms with Gasteiger partial charge >= 0.3 is 0 Å². The molecule has 2 heterocycles. The maximum absolute atomic E-state index is 12.6. The van der Waals surface area contributed by atoms with Crippen molar-refractivity contribution in [2.45, 2.75) is 26.7 Å². The number of aryl methyl sites for hydroxylation is 2. The van der Waals surface area contributed by atoms with Gasteiger partial charge in [-0.3, -0.25) is 9.59 Å². The van der Waals surface area contributed by atoms with Crippen LogP contribution in [-0.4, -0.2) is 36.6 Å². The van der Waals surface area contributed by atoms with E-state index in [4.69, 9.17) is 9.47 Å². The molecule has 2 aromatic carbocycles. The number of likely N-dealkylation sites (tertiary alicyclic amines) is 1. The van der Waals surface area contributed by atoms with Crippen molar-refractivity contribution in [3.05, 3.63) is 59.2 Å². The van der Waals surface area contributed by atoms with Crippen molar-refractivity contribution >= 4 is 23.6 Å². The van der Waals surface area contributed by atoms with Crippen LogP contribution in [0.15, 0.2) is 42.5 Å². The lowest BCUT2D eigenvalue weighted by molar-refractivity contribution is -0.130. The first-order valence-electron chi connectivity index (χ1n) is 10.2. The molecule has 0 spiro atoms. The molecule has 2 amide bonds. The van der Waals surface area contributed by atoms with Crippen molar-refractivity contribution in [2.24, 2.45) is 5.92 Å². The third-order valence-electron chi connectivity index (χ3n) is 5.65. The number of nitrogens with one attached hydrogen (secondary N) is 1. The molecular formula is C24H26N2O4. The van der Waals surface area contributed by atoms with E-state index in [1.165, 1.54) is 5.56 Å². The van der Waals surface area contributed by atoms with E-state index in [0.29, 0.717) is 43.1 Å². The van der Waals surface area contributed by atoms with E-state index < -0.39 is 0 Å². The average molecular weight is 406 g/mol. The standard InChI is InChI=1S/C24H26N2O4/c1-16-3-4-18(17(2)13-16)5-8-23(27)26-11-9-19(10-12-26)24(28)25-20-6-7-21-22(14-20)30-15-29-21/h3-8,13-14,19H,9-12,15H2,1-2H3,(H,25,28). The van der Waals surface area contributed by atoms with Gasteiger partial charge in [0.05, 0.1) is 0 Å². The second-order valence-electron chi connectivity index (χ2n) is 7.85. The molecule has 0 atom stereocenters. The molecule has 0 aromatic heterocycles. The Hall–Kier alpha value is -3.28. The summed E-state index contributed by atoms with van der Waals surface area (Å²) in [6, 6.07) is 11.6. The summed E-state index contributed by atoms with van der Waals surface area (Å²) in [6.45, 7) is 5.46. The summed E-state index contributed by atoms with van der Waals surface area (Å²) in [5.41, 5.74) is 4.10. The minimum atomic E-state index is -0.109. The average Bonchev–Trinajstić information content (AvgIpc) is 3.21. The summed E-state index contributed by atoms with van der Waals surface area (Å²) >= 11 is 0. The Morgan fingerprint density at radius 1 is 1.03 bits per heavy atom. The maximum Gasteiger partial charge on any atom is 0.246 e. The highest BCUT2D eigenvalue weighted by molar-refractivity contribution is 5.94. The minimum absolute atomic E-state index is 0.00963. The van der Waals surface area contributed by atoms with E-state index >= 15 is 0 Å². The van der Waals surface area contributed by atoms with Crippen LogP contribution in [0.4, 0.5) is 5.69 Å². The fraction of sp³-hybridized carbons (Fsp3) is 0.333. The number of amides is 2. The van der Waals surface area contributed by atoms with Crippen LogP contribution >= 0.6 is 0 Å². The summed E-state index contributed by atoms with van der Waals surface area (Å²) in [5, 5.41) is 2.95. The SMILES string of the molecule is Cc1ccc(C=CC(=O)N2CCC(C(=O)Nc3ccc4c(c3)OCO4)CC2)c(C)c1. The number of carbonyl (C=O) groups excluding carboxylic acids is 2. The van der Waals surface area contributed by atoms with E-state index in [0.717, 1.165) is 11.1 Å². The lowest BCUT2D eigenvalue weighted by atomic mass is 9.95. The van der Waals surface area contributed by atoms with E-state index in [9.17, 15) is 9.59 Å². The quantitative estimate of drug-likeness (QED) is 0.782. The van der Waals surface area contributed by atoms with Crippen LogP contribution in [0, 0.1) is 19.8 Å². The number of ether oxygens (including phenoxy) is 2. The predicted molar refractivity (Wildman–Crippen MR) is 115 cm³/mol. The summed E-state index contributed by atoms with van der Waals surface area (Å²) in [7, 11) is 0. The van der Waals surface area contributed by atoms with Crippen molar-refractivity contribution in [3.63, 3.8) is 0 Å². The molecule has 2 aromatic rings. The Morgan fingerprint density at radius 2 is 1.80 bits per heavy atom. The highest BCUT2D eigenvalue weighted by atomic mass is 16.7. The highest BCUT2D eigenvalue weighted by Crippen LogP contribution is 2.34. The number of hydrogen-bond acceptors (Lipinski definition) is 4. The summed E-state index contributed by atoms with van der Waals surface area (Å²) in [4.78, 5) is 27.0. The van der Waals surface area contributed by atoms with E-state index in [2.05, 4.69) is 18.3 Å². The minimum Gasteiger partial charge on any atom is -0.454 e. The normalized spacial score (nSPS) is 16.1. The van der Waals surface area contributed by atoms with Gasteiger partial charge in [0.1, 0.15) is 0 Å². The van der Waals surface area contributed by atoms with E-state index in [1.807, 2.05) is 36.1 Å². The van der Waals surface area contributed by atoms with Crippen LogP contribution in [0.25, 0.3) is 6.08 Å². The summed E-state index contributed by atoms with van der Waals surface area (Å²) in [6.07, 6.45) is 4.80. The van der Waals surface area contributed by atoms with Crippen molar-refractivity contribution in [1.29, 1.82) is 0 Å². The van der Waals surface area contributed by atoms with Gasteiger partial charge in [-0.15, -0.1) is 0 Å². The van der Waals surface area contributed by atoms with Gasteiger partial charge in [0.15, 0.2) is 11.5 Å². The number of hydrogen-bond donors (Lipinski definition) is 1. The molecular weight excluding hydrogens is 380 g/mol. The van der Waals surface area contributed by atoms with E-state index in [-0.39, 0.29) is 24.5 Å². The van der Waals surface area contributed by atoms with Crippen LogP contribution in [0.1, 0.15) is 29.5 Å².